The van der Waals surface area contributed by atoms with Gasteiger partial charge in [0.05, 0.1) is 6.10 Å². The molecule has 0 radical (unpaired) electrons. The lowest BCUT2D eigenvalue weighted by Crippen LogP contribution is -2.27. The van der Waals surface area contributed by atoms with Crippen LogP contribution >= 0.6 is 0 Å². The number of aliphatic hydroxyl groups is 1. The molecule has 0 fully saturated rings. The maximum atomic E-state index is 13.4. The van der Waals surface area contributed by atoms with Gasteiger partial charge in [-0.15, -0.1) is 0 Å². The summed E-state index contributed by atoms with van der Waals surface area (Å²) in [6.07, 6.45) is -0.541. The summed E-state index contributed by atoms with van der Waals surface area (Å²) in [5.74, 6) is -2.81. The van der Waals surface area contributed by atoms with Crippen LogP contribution in [0.5, 0.6) is 0 Å². The van der Waals surface area contributed by atoms with Gasteiger partial charge in [-0.25, -0.2) is 21.9 Å². The molecule has 0 aromatic heterocycles. The molecule has 0 bridgehead atoms. The number of nitrogens with one attached hydrogen (secondary N) is 1. The molecular weight excluding hydrogens is 266 g/mol. The third kappa shape index (κ3) is 3.62. The van der Waals surface area contributed by atoms with Crippen LogP contribution in [0, 0.1) is 11.6 Å². The Labute approximate surface area is 104 Å². The van der Waals surface area contributed by atoms with Crippen LogP contribution in [-0.4, -0.2) is 26.2 Å². The molecular formula is C10H14F2N2O3S. The second-order valence-electron chi connectivity index (χ2n) is 3.85. The first-order chi connectivity index (χ1) is 8.24. The number of benzene rings is 1. The van der Waals surface area contributed by atoms with E-state index in [1.807, 2.05) is 0 Å². The molecule has 1 aromatic rings. The van der Waals surface area contributed by atoms with E-state index in [0.29, 0.717) is 6.07 Å². The van der Waals surface area contributed by atoms with E-state index in [1.54, 1.807) is 0 Å². The van der Waals surface area contributed by atoms with E-state index in [4.69, 9.17) is 10.8 Å². The summed E-state index contributed by atoms with van der Waals surface area (Å²) in [5, 5.41) is 8.97. The fourth-order valence-corrected chi connectivity index (χ4v) is 2.43. The van der Waals surface area contributed by atoms with E-state index in [1.165, 1.54) is 6.92 Å². The molecule has 0 saturated heterocycles. The predicted octanol–water partition coefficient (Wildman–Crippen LogP) is 0.596. The number of hydrogen-bond donors (Lipinski definition) is 3. The van der Waals surface area contributed by atoms with Crippen LogP contribution in [0.2, 0.25) is 0 Å². The standard InChI is InChI=1S/C10H14F2N2O3S/c1-6(15)2-3-14-18(16,17)9-5-7(13)4-8(11)10(9)12/h4-6,14-15H,2-3,13H2,1H3. The summed E-state index contributed by atoms with van der Waals surface area (Å²) in [6, 6.07) is 1.53. The summed E-state index contributed by atoms with van der Waals surface area (Å²) < 4.78 is 51.8. The van der Waals surface area contributed by atoms with Gasteiger partial charge in [0.15, 0.2) is 11.6 Å². The minimum atomic E-state index is -4.19. The average Bonchev–Trinajstić information content (AvgIpc) is 2.22. The first kappa shape index (κ1) is 14.8. The first-order valence-corrected chi connectivity index (χ1v) is 6.64. The lowest BCUT2D eigenvalue weighted by Gasteiger charge is -2.09. The number of anilines is 1. The van der Waals surface area contributed by atoms with Crippen molar-refractivity contribution in [1.29, 1.82) is 0 Å². The topological polar surface area (TPSA) is 92.4 Å². The van der Waals surface area contributed by atoms with Crippen LogP contribution in [0.4, 0.5) is 14.5 Å². The third-order valence-electron chi connectivity index (χ3n) is 2.16. The Morgan fingerprint density at radius 3 is 2.61 bits per heavy atom. The highest BCUT2D eigenvalue weighted by Gasteiger charge is 2.22. The van der Waals surface area contributed by atoms with Gasteiger partial charge in [0.2, 0.25) is 10.0 Å². The van der Waals surface area contributed by atoms with Gasteiger partial charge in [-0.1, -0.05) is 0 Å². The first-order valence-electron chi connectivity index (χ1n) is 5.16. The molecule has 0 spiro atoms. The zero-order valence-electron chi connectivity index (χ0n) is 9.65. The van der Waals surface area contributed by atoms with E-state index in [9.17, 15) is 17.2 Å². The molecule has 0 heterocycles. The Bertz CT molecular complexity index is 532. The highest BCUT2D eigenvalue weighted by molar-refractivity contribution is 7.89. The van der Waals surface area contributed by atoms with Crippen LogP contribution in [0.15, 0.2) is 17.0 Å². The Kier molecular flexibility index (Phi) is 4.60. The fraction of sp³-hybridized carbons (Fsp3) is 0.400. The predicted molar refractivity (Wildman–Crippen MR) is 62.3 cm³/mol. The molecule has 0 saturated carbocycles. The molecule has 1 atom stereocenters. The summed E-state index contributed by atoms with van der Waals surface area (Å²) in [5.41, 5.74) is 5.07. The number of hydrogen-bond acceptors (Lipinski definition) is 4. The van der Waals surface area contributed by atoms with Crippen molar-refractivity contribution < 1.29 is 22.3 Å². The molecule has 1 aromatic carbocycles. The number of rotatable bonds is 5. The van der Waals surface area contributed by atoms with Gasteiger partial charge in [-0.05, 0) is 25.5 Å². The number of aliphatic hydroxyl groups excluding tert-OH is 1. The van der Waals surface area contributed by atoms with Crippen LogP contribution in [0.25, 0.3) is 0 Å². The van der Waals surface area contributed by atoms with E-state index in [0.717, 1.165) is 6.07 Å². The Morgan fingerprint density at radius 1 is 1.44 bits per heavy atom. The highest BCUT2D eigenvalue weighted by atomic mass is 32.2. The van der Waals surface area contributed by atoms with E-state index in [-0.39, 0.29) is 18.7 Å². The van der Waals surface area contributed by atoms with Crippen molar-refractivity contribution in [1.82, 2.24) is 4.72 Å². The smallest absolute Gasteiger partial charge is 0.243 e. The van der Waals surface area contributed by atoms with Crippen LogP contribution in [0.3, 0.4) is 0 Å². The van der Waals surface area contributed by atoms with Gasteiger partial charge in [0.1, 0.15) is 4.90 Å². The largest absolute Gasteiger partial charge is 0.399 e. The van der Waals surface area contributed by atoms with Crippen LogP contribution in [-0.2, 0) is 10.0 Å². The van der Waals surface area contributed by atoms with Crippen molar-refractivity contribution in [3.05, 3.63) is 23.8 Å². The molecule has 1 rings (SSSR count). The SMILES string of the molecule is CC(O)CCNS(=O)(=O)c1cc(N)cc(F)c1F. The molecule has 0 aliphatic carbocycles. The summed E-state index contributed by atoms with van der Waals surface area (Å²) in [7, 11) is -4.19. The molecule has 4 N–H and O–H groups in total. The zero-order valence-corrected chi connectivity index (χ0v) is 10.5. The van der Waals surface area contributed by atoms with Gasteiger partial charge >= 0.3 is 0 Å². The van der Waals surface area contributed by atoms with Gasteiger partial charge in [0, 0.05) is 12.2 Å². The monoisotopic (exact) mass is 280 g/mol. The minimum absolute atomic E-state index is 0.0874. The van der Waals surface area contributed by atoms with Gasteiger partial charge in [0.25, 0.3) is 0 Å². The minimum Gasteiger partial charge on any atom is -0.399 e. The Hall–Kier alpha value is -1.25. The second-order valence-corrected chi connectivity index (χ2v) is 5.59. The maximum Gasteiger partial charge on any atom is 0.243 e. The van der Waals surface area contributed by atoms with Gasteiger partial charge in [-0.3, -0.25) is 0 Å². The molecule has 102 valence electrons. The van der Waals surface area contributed by atoms with E-state index < -0.39 is 32.7 Å². The molecule has 8 heteroatoms. The normalized spacial score (nSPS) is 13.6. The molecule has 18 heavy (non-hydrogen) atoms. The van der Waals surface area contributed by atoms with Crippen molar-refractivity contribution in [2.45, 2.75) is 24.3 Å². The van der Waals surface area contributed by atoms with E-state index >= 15 is 0 Å². The summed E-state index contributed by atoms with van der Waals surface area (Å²) in [6.45, 7) is 1.39. The lowest BCUT2D eigenvalue weighted by atomic mass is 10.3. The number of nitrogens with two attached hydrogens (primary N) is 1. The Morgan fingerprint density at radius 2 is 2.06 bits per heavy atom. The quantitative estimate of drug-likeness (QED) is 0.688. The maximum absolute atomic E-state index is 13.4. The second kappa shape index (κ2) is 5.59. The summed E-state index contributed by atoms with van der Waals surface area (Å²) >= 11 is 0. The van der Waals surface area contributed by atoms with Crippen molar-refractivity contribution in [3.63, 3.8) is 0 Å². The number of nitrogen functional groups attached to an aromatic ring is 1. The Balaban J connectivity index is 2.98. The number of halogens is 2. The van der Waals surface area contributed by atoms with Gasteiger partial charge in [-0.2, -0.15) is 0 Å². The van der Waals surface area contributed by atoms with Crippen molar-refractivity contribution >= 4 is 15.7 Å². The van der Waals surface area contributed by atoms with Crippen molar-refractivity contribution in [2.24, 2.45) is 0 Å². The molecule has 1 unspecified atom stereocenters. The summed E-state index contributed by atoms with van der Waals surface area (Å²) in [4.78, 5) is -0.842. The fourth-order valence-electron chi connectivity index (χ4n) is 1.26. The van der Waals surface area contributed by atoms with Crippen molar-refractivity contribution in [2.75, 3.05) is 12.3 Å². The average molecular weight is 280 g/mol. The van der Waals surface area contributed by atoms with Gasteiger partial charge < -0.3 is 10.8 Å². The van der Waals surface area contributed by atoms with Crippen LogP contribution in [0.1, 0.15) is 13.3 Å². The van der Waals surface area contributed by atoms with Crippen LogP contribution < -0.4 is 10.5 Å². The molecule has 0 aliphatic heterocycles. The third-order valence-corrected chi connectivity index (χ3v) is 3.62. The lowest BCUT2D eigenvalue weighted by molar-refractivity contribution is 0.186. The number of sulfonamides is 1. The molecule has 0 aliphatic rings. The zero-order chi connectivity index (χ0) is 13.9. The van der Waals surface area contributed by atoms with E-state index in [2.05, 4.69) is 4.72 Å². The molecule has 5 nitrogen and oxygen atoms in total. The highest BCUT2D eigenvalue weighted by Crippen LogP contribution is 2.20. The molecule has 0 amide bonds. The van der Waals surface area contributed by atoms with Crippen molar-refractivity contribution in [3.8, 4) is 0 Å².